The van der Waals surface area contributed by atoms with Gasteiger partial charge in [0.2, 0.25) is 11.9 Å². The van der Waals surface area contributed by atoms with E-state index in [0.717, 1.165) is 0 Å². The van der Waals surface area contributed by atoms with Crippen molar-refractivity contribution in [2.24, 2.45) is 0 Å². The zero-order valence-electron chi connectivity index (χ0n) is 12.0. The van der Waals surface area contributed by atoms with Gasteiger partial charge >= 0.3 is 6.01 Å². The molecule has 0 spiro atoms. The molecule has 7 heteroatoms. The van der Waals surface area contributed by atoms with Crippen LogP contribution in [0.4, 0.5) is 11.9 Å². The summed E-state index contributed by atoms with van der Waals surface area (Å²) < 4.78 is 5.06. The summed E-state index contributed by atoms with van der Waals surface area (Å²) in [6.45, 7) is 5.92. The van der Waals surface area contributed by atoms with E-state index in [1.54, 1.807) is 11.9 Å². The molecule has 1 rings (SSSR count). The number of hydrogen-bond donors (Lipinski definition) is 1. The van der Waals surface area contributed by atoms with Gasteiger partial charge in [0.15, 0.2) is 0 Å². The Morgan fingerprint density at radius 3 is 2.53 bits per heavy atom. The first-order valence-electron chi connectivity index (χ1n) is 6.20. The minimum Gasteiger partial charge on any atom is -0.467 e. The lowest BCUT2D eigenvalue weighted by Crippen LogP contribution is -2.31. The average Bonchev–Trinajstić information content (AvgIpc) is 2.38. The smallest absolute Gasteiger partial charge is 0.322 e. The predicted octanol–water partition coefficient (Wildman–Crippen LogP) is 1.44. The topological polar surface area (TPSA) is 87.0 Å². The number of nitriles is 1. The zero-order valence-corrected chi connectivity index (χ0v) is 12.0. The van der Waals surface area contributed by atoms with E-state index in [1.807, 2.05) is 20.8 Å². The fraction of sp³-hybridized carbons (Fsp3) is 0.667. The minimum atomic E-state index is -0.279. The van der Waals surface area contributed by atoms with E-state index < -0.39 is 0 Å². The van der Waals surface area contributed by atoms with Crippen LogP contribution >= 0.6 is 0 Å². The highest BCUT2D eigenvalue weighted by molar-refractivity contribution is 5.40. The number of methoxy groups -OCH3 is 1. The lowest BCUT2D eigenvalue weighted by Gasteiger charge is -2.22. The van der Waals surface area contributed by atoms with Crippen LogP contribution in [0.1, 0.15) is 27.2 Å². The molecule has 0 bridgehead atoms. The molecule has 7 nitrogen and oxygen atoms in total. The molecule has 0 saturated heterocycles. The number of ether oxygens (including phenoxy) is 1. The maximum absolute atomic E-state index is 9.09. The Morgan fingerprint density at radius 1 is 1.37 bits per heavy atom. The molecule has 0 aliphatic carbocycles. The summed E-state index contributed by atoms with van der Waals surface area (Å²) in [7, 11) is 3.28. The van der Waals surface area contributed by atoms with Gasteiger partial charge in [0.1, 0.15) is 6.04 Å². The molecule has 1 N–H and O–H groups in total. The van der Waals surface area contributed by atoms with Gasteiger partial charge in [-0.15, -0.1) is 0 Å². The highest BCUT2D eigenvalue weighted by atomic mass is 16.5. The molecule has 1 atom stereocenters. The van der Waals surface area contributed by atoms with Crippen molar-refractivity contribution >= 4 is 11.9 Å². The molecule has 0 unspecified atom stereocenters. The SMILES string of the molecule is CC[C@H](C#N)N(C)c1nc(NC(C)C)nc(OC)n1. The van der Waals surface area contributed by atoms with Crippen LogP contribution in [0.15, 0.2) is 0 Å². The third-order valence-corrected chi connectivity index (χ3v) is 2.52. The van der Waals surface area contributed by atoms with Crippen molar-refractivity contribution in [3.8, 4) is 12.1 Å². The maximum atomic E-state index is 9.09. The van der Waals surface area contributed by atoms with E-state index in [1.165, 1.54) is 7.11 Å². The van der Waals surface area contributed by atoms with Gasteiger partial charge in [-0.1, -0.05) is 6.92 Å². The molecule has 0 radical (unpaired) electrons. The minimum absolute atomic E-state index is 0.197. The van der Waals surface area contributed by atoms with Crippen LogP contribution in [0.3, 0.4) is 0 Å². The summed E-state index contributed by atoms with van der Waals surface area (Å²) in [4.78, 5) is 14.3. The molecule has 1 aromatic rings. The van der Waals surface area contributed by atoms with Gasteiger partial charge in [0.25, 0.3) is 0 Å². The first-order valence-corrected chi connectivity index (χ1v) is 6.20. The molecule has 0 fully saturated rings. The molecule has 1 aromatic heterocycles. The number of hydrogen-bond acceptors (Lipinski definition) is 7. The van der Waals surface area contributed by atoms with Crippen LogP contribution in [0, 0.1) is 11.3 Å². The van der Waals surface area contributed by atoms with E-state index in [-0.39, 0.29) is 18.1 Å². The van der Waals surface area contributed by atoms with Gasteiger partial charge < -0.3 is 15.0 Å². The monoisotopic (exact) mass is 264 g/mol. The Balaban J connectivity index is 3.09. The number of rotatable bonds is 6. The Labute approximate surface area is 113 Å². The Hall–Kier alpha value is -2.10. The first-order chi connectivity index (χ1) is 9.01. The number of anilines is 2. The standard InChI is InChI=1S/C12H20N6O/c1-6-9(7-13)18(4)11-15-10(14-8(2)3)16-12(17-11)19-5/h8-9H,6H2,1-5H3,(H,14,15,16,17)/t9-/m1/s1. The molecule has 104 valence electrons. The van der Waals surface area contributed by atoms with Gasteiger partial charge in [-0.2, -0.15) is 20.2 Å². The highest BCUT2D eigenvalue weighted by Gasteiger charge is 2.17. The summed E-state index contributed by atoms with van der Waals surface area (Å²) in [5, 5.41) is 12.2. The molecule has 0 saturated carbocycles. The highest BCUT2D eigenvalue weighted by Crippen LogP contribution is 2.17. The Bertz CT molecular complexity index is 456. The predicted molar refractivity (Wildman–Crippen MR) is 73.2 cm³/mol. The van der Waals surface area contributed by atoms with E-state index in [0.29, 0.717) is 18.3 Å². The summed E-state index contributed by atoms with van der Waals surface area (Å²) in [5.41, 5.74) is 0. The third kappa shape index (κ3) is 3.95. The summed E-state index contributed by atoms with van der Waals surface area (Å²) >= 11 is 0. The molecular formula is C12H20N6O. The number of nitrogens with one attached hydrogen (secondary N) is 1. The second-order valence-electron chi connectivity index (χ2n) is 4.41. The van der Waals surface area contributed by atoms with Gasteiger partial charge in [-0.05, 0) is 20.3 Å². The van der Waals surface area contributed by atoms with Crippen LogP contribution in [0.25, 0.3) is 0 Å². The summed E-state index contributed by atoms with van der Waals surface area (Å²) in [5.74, 6) is 0.861. The van der Waals surface area contributed by atoms with Gasteiger partial charge in [0.05, 0.1) is 13.2 Å². The van der Waals surface area contributed by atoms with Gasteiger partial charge in [-0.3, -0.25) is 0 Å². The molecule has 0 aliphatic heterocycles. The lowest BCUT2D eigenvalue weighted by atomic mass is 10.2. The van der Waals surface area contributed by atoms with Crippen LogP contribution in [0.2, 0.25) is 0 Å². The fourth-order valence-electron chi connectivity index (χ4n) is 1.51. The van der Waals surface area contributed by atoms with Gasteiger partial charge in [-0.25, -0.2) is 0 Å². The largest absolute Gasteiger partial charge is 0.467 e. The van der Waals surface area contributed by atoms with E-state index >= 15 is 0 Å². The lowest BCUT2D eigenvalue weighted by molar-refractivity contribution is 0.378. The van der Waals surface area contributed by atoms with Crippen molar-refractivity contribution in [3.05, 3.63) is 0 Å². The van der Waals surface area contributed by atoms with Crippen molar-refractivity contribution in [1.29, 1.82) is 5.26 Å². The van der Waals surface area contributed by atoms with Crippen molar-refractivity contribution in [2.45, 2.75) is 39.3 Å². The van der Waals surface area contributed by atoms with Crippen LogP contribution in [-0.2, 0) is 0 Å². The molecule has 1 heterocycles. The van der Waals surface area contributed by atoms with Crippen molar-refractivity contribution in [1.82, 2.24) is 15.0 Å². The summed E-state index contributed by atoms with van der Waals surface area (Å²) in [6, 6.07) is 2.36. The molecule has 0 amide bonds. The van der Waals surface area contributed by atoms with E-state index in [9.17, 15) is 0 Å². The quantitative estimate of drug-likeness (QED) is 0.831. The van der Waals surface area contributed by atoms with Gasteiger partial charge in [0, 0.05) is 13.1 Å². The molecule has 0 aromatic carbocycles. The number of nitrogens with zero attached hydrogens (tertiary/aromatic N) is 5. The fourth-order valence-corrected chi connectivity index (χ4v) is 1.51. The van der Waals surface area contributed by atoms with E-state index in [2.05, 4.69) is 26.3 Å². The van der Waals surface area contributed by atoms with Crippen LogP contribution in [0.5, 0.6) is 6.01 Å². The molecular weight excluding hydrogens is 244 g/mol. The average molecular weight is 264 g/mol. The molecule has 19 heavy (non-hydrogen) atoms. The number of aromatic nitrogens is 3. The van der Waals surface area contributed by atoms with Crippen LogP contribution < -0.4 is 15.0 Å². The Kier molecular flexibility index (Phi) is 5.30. The summed E-state index contributed by atoms with van der Waals surface area (Å²) in [6.07, 6.45) is 0.688. The second kappa shape index (κ2) is 6.73. The van der Waals surface area contributed by atoms with Crippen molar-refractivity contribution < 1.29 is 4.74 Å². The van der Waals surface area contributed by atoms with E-state index in [4.69, 9.17) is 10.00 Å². The molecule has 0 aliphatic rings. The zero-order chi connectivity index (χ0) is 14.4. The van der Waals surface area contributed by atoms with Crippen molar-refractivity contribution in [3.63, 3.8) is 0 Å². The van der Waals surface area contributed by atoms with Crippen molar-refractivity contribution in [2.75, 3.05) is 24.4 Å². The maximum Gasteiger partial charge on any atom is 0.322 e. The normalized spacial score (nSPS) is 11.8. The van der Waals surface area contributed by atoms with Crippen LogP contribution in [-0.4, -0.2) is 41.2 Å². The first kappa shape index (κ1) is 15.0. The Morgan fingerprint density at radius 2 is 2.05 bits per heavy atom. The third-order valence-electron chi connectivity index (χ3n) is 2.52. The second-order valence-corrected chi connectivity index (χ2v) is 4.41.